The fourth-order valence-electron chi connectivity index (χ4n) is 4.26. The number of para-hydroxylation sites is 1. The lowest BCUT2D eigenvalue weighted by molar-refractivity contribution is -0.124. The third-order valence-electron chi connectivity index (χ3n) is 5.74. The fraction of sp³-hybridized carbons (Fsp3) is 0.524. The molecule has 2 aromatic rings. The van der Waals surface area contributed by atoms with Gasteiger partial charge in [-0.1, -0.05) is 18.2 Å². The smallest absolute Gasteiger partial charge is 0.221 e. The summed E-state index contributed by atoms with van der Waals surface area (Å²) in [6.45, 7) is 8.86. The van der Waals surface area contributed by atoms with Crippen LogP contribution in [0.5, 0.6) is 0 Å². The molecule has 1 fully saturated rings. The number of primary amides is 1. The molecule has 0 aliphatic carbocycles. The van der Waals surface area contributed by atoms with Crippen LogP contribution in [-0.4, -0.2) is 47.0 Å². The van der Waals surface area contributed by atoms with Crippen LogP contribution in [-0.2, 0) is 16.1 Å². The highest BCUT2D eigenvalue weighted by Crippen LogP contribution is 2.25. The van der Waals surface area contributed by atoms with Crippen molar-refractivity contribution in [3.05, 3.63) is 35.5 Å². The molecule has 6 heteroatoms. The first-order valence-electron chi connectivity index (χ1n) is 9.70. The average molecular weight is 370 g/mol. The second-order valence-corrected chi connectivity index (χ2v) is 7.74. The predicted octanol–water partition coefficient (Wildman–Crippen LogP) is 1.96. The van der Waals surface area contributed by atoms with Crippen LogP contribution < -0.4 is 11.1 Å². The van der Waals surface area contributed by atoms with Crippen LogP contribution in [0.25, 0.3) is 10.9 Å². The van der Waals surface area contributed by atoms with E-state index in [1.54, 1.807) is 6.92 Å². The van der Waals surface area contributed by atoms with Crippen molar-refractivity contribution < 1.29 is 9.59 Å². The minimum Gasteiger partial charge on any atom is -0.369 e. The second kappa shape index (κ2) is 8.13. The molecule has 1 aromatic heterocycles. The molecule has 0 bridgehead atoms. The van der Waals surface area contributed by atoms with Gasteiger partial charge in [0.05, 0.1) is 12.0 Å². The first-order valence-corrected chi connectivity index (χ1v) is 9.70. The van der Waals surface area contributed by atoms with E-state index in [9.17, 15) is 9.59 Å². The number of hydrogen-bond donors (Lipinski definition) is 2. The molecule has 0 spiro atoms. The quantitative estimate of drug-likeness (QED) is 0.816. The summed E-state index contributed by atoms with van der Waals surface area (Å²) in [6.07, 6.45) is 1.82. The van der Waals surface area contributed by atoms with Gasteiger partial charge in [0.25, 0.3) is 0 Å². The average Bonchev–Trinajstić information content (AvgIpc) is 2.87. The van der Waals surface area contributed by atoms with E-state index in [1.165, 1.54) is 22.2 Å². The van der Waals surface area contributed by atoms with Crippen molar-refractivity contribution in [1.29, 1.82) is 0 Å². The molecule has 146 valence electrons. The molecule has 0 radical (unpaired) electrons. The van der Waals surface area contributed by atoms with Crippen molar-refractivity contribution in [2.24, 2.45) is 11.7 Å². The summed E-state index contributed by atoms with van der Waals surface area (Å²) in [5.74, 6) is -0.346. The molecule has 1 saturated heterocycles. The number of benzene rings is 1. The Morgan fingerprint density at radius 3 is 2.70 bits per heavy atom. The lowest BCUT2D eigenvalue weighted by Gasteiger charge is -2.34. The van der Waals surface area contributed by atoms with Crippen molar-refractivity contribution in [3.8, 4) is 0 Å². The molecule has 3 rings (SSSR count). The maximum atomic E-state index is 11.8. The molecule has 1 aromatic carbocycles. The number of amides is 2. The maximum absolute atomic E-state index is 11.8. The molecular weight excluding hydrogens is 340 g/mol. The third-order valence-corrected chi connectivity index (χ3v) is 5.74. The summed E-state index contributed by atoms with van der Waals surface area (Å²) >= 11 is 0. The zero-order chi connectivity index (χ0) is 19.6. The monoisotopic (exact) mass is 370 g/mol. The minimum absolute atomic E-state index is 0.0250. The van der Waals surface area contributed by atoms with E-state index in [0.717, 1.165) is 19.4 Å². The highest BCUT2D eigenvalue weighted by atomic mass is 16.1. The van der Waals surface area contributed by atoms with Crippen LogP contribution in [0.1, 0.15) is 31.0 Å². The van der Waals surface area contributed by atoms with Crippen LogP contribution in [0, 0.1) is 19.8 Å². The number of aryl methyl sites for hydroxylation is 1. The minimum atomic E-state index is -0.223. The molecule has 6 nitrogen and oxygen atoms in total. The van der Waals surface area contributed by atoms with Gasteiger partial charge in [-0.25, -0.2) is 0 Å². The Hall–Kier alpha value is -2.34. The maximum Gasteiger partial charge on any atom is 0.221 e. The van der Waals surface area contributed by atoms with Gasteiger partial charge < -0.3 is 20.5 Å². The van der Waals surface area contributed by atoms with Gasteiger partial charge in [-0.15, -0.1) is 0 Å². The molecule has 1 aliphatic rings. The van der Waals surface area contributed by atoms with Crippen molar-refractivity contribution >= 4 is 22.7 Å². The Labute approximate surface area is 160 Å². The summed E-state index contributed by atoms with van der Waals surface area (Å²) in [6, 6.07) is 8.35. The topological polar surface area (TPSA) is 80.4 Å². The predicted molar refractivity (Wildman–Crippen MR) is 107 cm³/mol. The van der Waals surface area contributed by atoms with Gasteiger partial charge in [-0.3, -0.25) is 9.59 Å². The largest absolute Gasteiger partial charge is 0.369 e. The van der Waals surface area contributed by atoms with E-state index in [0.29, 0.717) is 19.6 Å². The number of nitrogens with two attached hydrogens (primary N) is 1. The van der Waals surface area contributed by atoms with E-state index in [1.807, 2.05) is 6.07 Å². The molecule has 1 aliphatic heterocycles. The number of rotatable bonds is 6. The van der Waals surface area contributed by atoms with Gasteiger partial charge in [0, 0.05) is 43.2 Å². The summed E-state index contributed by atoms with van der Waals surface area (Å²) in [4.78, 5) is 25.6. The summed E-state index contributed by atoms with van der Waals surface area (Å²) in [5.41, 5.74) is 9.20. The number of carbonyl (C=O) groups excluding carboxylic acids is 2. The molecular formula is C21H30N4O2. The van der Waals surface area contributed by atoms with Gasteiger partial charge in [0.15, 0.2) is 0 Å². The first kappa shape index (κ1) is 19.4. The number of fused-ring (bicyclic) bond motifs is 1. The number of carbonyl (C=O) groups is 2. The Morgan fingerprint density at radius 2 is 2.00 bits per heavy atom. The zero-order valence-electron chi connectivity index (χ0n) is 16.5. The van der Waals surface area contributed by atoms with Gasteiger partial charge in [-0.05, 0) is 44.9 Å². The Bertz CT molecular complexity index is 842. The molecule has 2 atom stereocenters. The summed E-state index contributed by atoms with van der Waals surface area (Å²) in [7, 11) is 0. The highest BCUT2D eigenvalue weighted by molar-refractivity contribution is 5.85. The van der Waals surface area contributed by atoms with Crippen LogP contribution in [0.15, 0.2) is 24.3 Å². The number of piperidine rings is 1. The molecule has 0 saturated carbocycles. The number of nitrogens with one attached hydrogen (secondary N) is 1. The normalized spacial score (nSPS) is 19.1. The Kier molecular flexibility index (Phi) is 5.85. The molecule has 27 heavy (non-hydrogen) atoms. The summed E-state index contributed by atoms with van der Waals surface area (Å²) < 4.78 is 2.29. The van der Waals surface area contributed by atoms with E-state index in [2.05, 4.69) is 46.8 Å². The first-order chi connectivity index (χ1) is 12.9. The molecule has 3 N–H and O–H groups in total. The van der Waals surface area contributed by atoms with Crippen LogP contribution in [0.2, 0.25) is 0 Å². The SMILES string of the molecule is CC(=O)NC(CN1CCCC(C(N)=O)C1)Cn1c(C)c(C)c2ccccc21. The van der Waals surface area contributed by atoms with Crippen molar-refractivity contribution in [2.45, 2.75) is 46.2 Å². The number of likely N-dealkylation sites (tertiary alicyclic amines) is 1. The summed E-state index contributed by atoms with van der Waals surface area (Å²) in [5, 5.41) is 4.36. The van der Waals surface area contributed by atoms with Gasteiger partial charge in [0.2, 0.25) is 11.8 Å². The molecule has 2 heterocycles. The van der Waals surface area contributed by atoms with Gasteiger partial charge >= 0.3 is 0 Å². The van der Waals surface area contributed by atoms with E-state index in [-0.39, 0.29) is 23.8 Å². The van der Waals surface area contributed by atoms with Crippen molar-refractivity contribution in [1.82, 2.24) is 14.8 Å². The standard InChI is InChI=1S/C21H30N4O2/c1-14-15(2)25(20-9-5-4-8-19(14)20)13-18(23-16(3)26)12-24-10-6-7-17(11-24)21(22)27/h4-5,8-9,17-18H,6-7,10-13H2,1-3H3,(H2,22,27)(H,23,26). The van der Waals surface area contributed by atoms with E-state index >= 15 is 0 Å². The van der Waals surface area contributed by atoms with Crippen molar-refractivity contribution in [2.75, 3.05) is 19.6 Å². The van der Waals surface area contributed by atoms with Crippen LogP contribution in [0.4, 0.5) is 0 Å². The lowest BCUT2D eigenvalue weighted by Crippen LogP contribution is -2.49. The Balaban J connectivity index is 1.81. The highest BCUT2D eigenvalue weighted by Gasteiger charge is 2.26. The molecule has 2 unspecified atom stereocenters. The Morgan fingerprint density at radius 1 is 1.26 bits per heavy atom. The molecule has 2 amide bonds. The number of aromatic nitrogens is 1. The van der Waals surface area contributed by atoms with Gasteiger partial charge in [0.1, 0.15) is 0 Å². The van der Waals surface area contributed by atoms with Gasteiger partial charge in [-0.2, -0.15) is 0 Å². The van der Waals surface area contributed by atoms with Crippen LogP contribution in [0.3, 0.4) is 0 Å². The number of hydrogen-bond acceptors (Lipinski definition) is 3. The van der Waals surface area contributed by atoms with Crippen LogP contribution >= 0.6 is 0 Å². The number of nitrogens with zero attached hydrogens (tertiary/aromatic N) is 2. The lowest BCUT2D eigenvalue weighted by atomic mass is 9.97. The van der Waals surface area contributed by atoms with E-state index in [4.69, 9.17) is 5.73 Å². The van der Waals surface area contributed by atoms with E-state index < -0.39 is 0 Å². The third kappa shape index (κ3) is 4.33. The fourth-order valence-corrected chi connectivity index (χ4v) is 4.26. The second-order valence-electron chi connectivity index (χ2n) is 7.74. The zero-order valence-corrected chi connectivity index (χ0v) is 16.5. The van der Waals surface area contributed by atoms with Crippen molar-refractivity contribution in [3.63, 3.8) is 0 Å².